The van der Waals surface area contributed by atoms with Gasteiger partial charge in [-0.05, 0) is 24.1 Å². The molecule has 0 spiro atoms. The summed E-state index contributed by atoms with van der Waals surface area (Å²) in [7, 11) is 0. The standard InChI is InChI=1S/C8H8F2/c1-6-7(5-9)3-2-4-8(6)10/h2-4H,5H2,1H3. The van der Waals surface area contributed by atoms with Crippen LogP contribution >= 0.6 is 0 Å². The maximum Gasteiger partial charge on any atom is 0.126 e. The molecular formula is C8H8F2. The summed E-state index contributed by atoms with van der Waals surface area (Å²) in [5.74, 6) is -0.338. The Balaban J connectivity index is 3.14. The van der Waals surface area contributed by atoms with Crippen molar-refractivity contribution < 1.29 is 8.78 Å². The topological polar surface area (TPSA) is 0 Å². The number of halogens is 2. The van der Waals surface area contributed by atoms with Gasteiger partial charge >= 0.3 is 0 Å². The van der Waals surface area contributed by atoms with Crippen LogP contribution in [0.25, 0.3) is 0 Å². The Morgan fingerprint density at radius 3 is 2.60 bits per heavy atom. The highest BCUT2D eigenvalue weighted by Gasteiger charge is 2.00. The summed E-state index contributed by atoms with van der Waals surface area (Å²) >= 11 is 0. The Morgan fingerprint density at radius 1 is 1.40 bits per heavy atom. The van der Waals surface area contributed by atoms with E-state index in [2.05, 4.69) is 0 Å². The summed E-state index contributed by atoms with van der Waals surface area (Å²) in [4.78, 5) is 0. The van der Waals surface area contributed by atoms with Crippen molar-refractivity contribution in [1.29, 1.82) is 0 Å². The van der Waals surface area contributed by atoms with Crippen LogP contribution in [0, 0.1) is 12.7 Å². The van der Waals surface area contributed by atoms with Crippen molar-refractivity contribution in [3.8, 4) is 0 Å². The molecule has 0 N–H and O–H groups in total. The van der Waals surface area contributed by atoms with E-state index >= 15 is 0 Å². The largest absolute Gasteiger partial charge is 0.246 e. The molecule has 0 saturated heterocycles. The zero-order chi connectivity index (χ0) is 7.56. The second-order valence-electron chi connectivity index (χ2n) is 2.16. The van der Waals surface area contributed by atoms with Gasteiger partial charge in [-0.25, -0.2) is 8.78 Å². The van der Waals surface area contributed by atoms with Gasteiger partial charge in [-0.3, -0.25) is 0 Å². The van der Waals surface area contributed by atoms with E-state index in [4.69, 9.17) is 0 Å². The highest BCUT2D eigenvalue weighted by Crippen LogP contribution is 2.12. The lowest BCUT2D eigenvalue weighted by molar-refractivity contribution is 0.479. The highest BCUT2D eigenvalue weighted by atomic mass is 19.1. The van der Waals surface area contributed by atoms with Crippen LogP contribution in [0.1, 0.15) is 11.1 Å². The second-order valence-corrected chi connectivity index (χ2v) is 2.16. The molecule has 0 bridgehead atoms. The molecule has 0 heterocycles. The average Bonchev–Trinajstić information content (AvgIpc) is 1.95. The Kier molecular flexibility index (Phi) is 2.00. The molecule has 1 aromatic carbocycles. The molecule has 0 saturated carbocycles. The van der Waals surface area contributed by atoms with Gasteiger partial charge in [-0.15, -0.1) is 0 Å². The van der Waals surface area contributed by atoms with Gasteiger partial charge in [-0.2, -0.15) is 0 Å². The number of benzene rings is 1. The van der Waals surface area contributed by atoms with Gasteiger partial charge in [0.1, 0.15) is 12.5 Å². The summed E-state index contributed by atoms with van der Waals surface area (Å²) in [6.45, 7) is 0.980. The Bertz CT molecular complexity index is 231. The van der Waals surface area contributed by atoms with Crippen molar-refractivity contribution in [2.24, 2.45) is 0 Å². The molecule has 0 nitrogen and oxygen atoms in total. The van der Waals surface area contributed by atoms with Crippen LogP contribution < -0.4 is 0 Å². The van der Waals surface area contributed by atoms with Crippen molar-refractivity contribution in [3.05, 3.63) is 35.1 Å². The first-order valence-electron chi connectivity index (χ1n) is 3.05. The van der Waals surface area contributed by atoms with Gasteiger partial charge in [0.25, 0.3) is 0 Å². The van der Waals surface area contributed by atoms with E-state index in [9.17, 15) is 8.78 Å². The van der Waals surface area contributed by atoms with E-state index < -0.39 is 6.67 Å². The average molecular weight is 142 g/mol. The molecule has 0 aromatic heterocycles. The van der Waals surface area contributed by atoms with Crippen LogP contribution in [0.2, 0.25) is 0 Å². The van der Waals surface area contributed by atoms with Gasteiger partial charge in [0.15, 0.2) is 0 Å². The van der Waals surface area contributed by atoms with E-state index in [-0.39, 0.29) is 5.82 Å². The van der Waals surface area contributed by atoms with Crippen LogP contribution in [0.4, 0.5) is 8.78 Å². The highest BCUT2D eigenvalue weighted by molar-refractivity contribution is 5.26. The maximum absolute atomic E-state index is 12.6. The van der Waals surface area contributed by atoms with Crippen LogP contribution in [0.3, 0.4) is 0 Å². The van der Waals surface area contributed by atoms with Crippen LogP contribution in [-0.2, 0) is 6.67 Å². The molecule has 2 heteroatoms. The molecule has 0 fully saturated rings. The number of rotatable bonds is 1. The van der Waals surface area contributed by atoms with Crippen molar-refractivity contribution in [2.45, 2.75) is 13.6 Å². The predicted molar refractivity (Wildman–Crippen MR) is 35.9 cm³/mol. The lowest BCUT2D eigenvalue weighted by Crippen LogP contribution is -1.88. The van der Waals surface area contributed by atoms with Gasteiger partial charge in [0, 0.05) is 0 Å². The fraction of sp³-hybridized carbons (Fsp3) is 0.250. The van der Waals surface area contributed by atoms with Crippen molar-refractivity contribution in [3.63, 3.8) is 0 Å². The fourth-order valence-corrected chi connectivity index (χ4v) is 0.797. The van der Waals surface area contributed by atoms with E-state index in [1.54, 1.807) is 13.0 Å². The predicted octanol–water partition coefficient (Wildman–Crippen LogP) is 2.60. The first-order chi connectivity index (χ1) is 4.75. The van der Waals surface area contributed by atoms with E-state index in [0.29, 0.717) is 11.1 Å². The minimum Gasteiger partial charge on any atom is -0.246 e. The smallest absolute Gasteiger partial charge is 0.126 e. The summed E-state index contributed by atoms with van der Waals surface area (Å²) in [5.41, 5.74) is 0.838. The molecule has 0 radical (unpaired) electrons. The maximum atomic E-state index is 12.6. The number of hydrogen-bond donors (Lipinski definition) is 0. The van der Waals surface area contributed by atoms with Gasteiger partial charge in [-0.1, -0.05) is 12.1 Å². The number of alkyl halides is 1. The normalized spacial score (nSPS) is 9.90. The molecule has 0 aliphatic heterocycles. The van der Waals surface area contributed by atoms with Crippen molar-refractivity contribution in [2.75, 3.05) is 0 Å². The molecule has 1 aromatic rings. The van der Waals surface area contributed by atoms with Gasteiger partial charge in [0.05, 0.1) is 0 Å². The molecule has 0 atom stereocenters. The first kappa shape index (κ1) is 7.19. The zero-order valence-electron chi connectivity index (χ0n) is 5.70. The minimum atomic E-state index is -0.594. The van der Waals surface area contributed by atoms with Gasteiger partial charge in [0.2, 0.25) is 0 Å². The van der Waals surface area contributed by atoms with Crippen molar-refractivity contribution in [1.82, 2.24) is 0 Å². The Hall–Kier alpha value is -0.920. The molecule has 0 unspecified atom stereocenters. The summed E-state index contributed by atoms with van der Waals surface area (Å²) in [6, 6.07) is 4.42. The SMILES string of the molecule is Cc1c(F)cccc1CF. The monoisotopic (exact) mass is 142 g/mol. The van der Waals surface area contributed by atoms with Crippen LogP contribution in [-0.4, -0.2) is 0 Å². The third-order valence-electron chi connectivity index (χ3n) is 1.52. The van der Waals surface area contributed by atoms with Crippen molar-refractivity contribution >= 4 is 0 Å². The Morgan fingerprint density at radius 2 is 2.10 bits per heavy atom. The van der Waals surface area contributed by atoms with Crippen LogP contribution in [0.5, 0.6) is 0 Å². The zero-order valence-corrected chi connectivity index (χ0v) is 5.70. The summed E-state index contributed by atoms with van der Waals surface area (Å²) in [6.07, 6.45) is 0. The molecule has 0 amide bonds. The molecule has 54 valence electrons. The van der Waals surface area contributed by atoms with Crippen LogP contribution in [0.15, 0.2) is 18.2 Å². The van der Waals surface area contributed by atoms with E-state index in [0.717, 1.165) is 0 Å². The summed E-state index contributed by atoms with van der Waals surface area (Å²) in [5, 5.41) is 0. The third kappa shape index (κ3) is 1.15. The van der Waals surface area contributed by atoms with E-state index in [1.807, 2.05) is 0 Å². The van der Waals surface area contributed by atoms with E-state index in [1.165, 1.54) is 12.1 Å². The molecule has 0 aliphatic carbocycles. The minimum absolute atomic E-state index is 0.338. The molecule has 10 heavy (non-hydrogen) atoms. The molecular weight excluding hydrogens is 134 g/mol. The molecule has 0 aliphatic rings. The molecule has 1 rings (SSSR count). The quantitative estimate of drug-likeness (QED) is 0.565. The Labute approximate surface area is 58.5 Å². The third-order valence-corrected chi connectivity index (χ3v) is 1.52. The number of hydrogen-bond acceptors (Lipinski definition) is 0. The second kappa shape index (κ2) is 2.78. The summed E-state index contributed by atoms with van der Waals surface area (Å²) < 4.78 is 24.6. The lowest BCUT2D eigenvalue weighted by Gasteiger charge is -1.99. The van der Waals surface area contributed by atoms with Gasteiger partial charge < -0.3 is 0 Å². The fourth-order valence-electron chi connectivity index (χ4n) is 0.797. The first-order valence-corrected chi connectivity index (χ1v) is 3.05. The lowest BCUT2D eigenvalue weighted by atomic mass is 10.1.